The molecule has 1 aliphatic carbocycles. The van der Waals surface area contributed by atoms with Crippen molar-refractivity contribution < 1.29 is 9.53 Å². The van der Waals surface area contributed by atoms with E-state index in [1.54, 1.807) is 6.08 Å². The fourth-order valence-corrected chi connectivity index (χ4v) is 5.08. The normalized spacial score (nSPS) is 14.5. The lowest BCUT2D eigenvalue weighted by atomic mass is 9.84. The summed E-state index contributed by atoms with van der Waals surface area (Å²) in [6.07, 6.45) is 10.2. The predicted octanol–water partition coefficient (Wildman–Crippen LogP) is 7.85. The highest BCUT2D eigenvalue weighted by Crippen LogP contribution is 2.33. The summed E-state index contributed by atoms with van der Waals surface area (Å²) >= 11 is 0. The molecule has 0 bridgehead atoms. The van der Waals surface area contributed by atoms with Gasteiger partial charge < -0.3 is 9.64 Å². The Hall–Kier alpha value is -3.17. The molecule has 0 N–H and O–H groups in total. The van der Waals surface area contributed by atoms with Crippen molar-refractivity contribution in [3.8, 4) is 16.9 Å². The van der Waals surface area contributed by atoms with Crippen molar-refractivity contribution in [2.45, 2.75) is 51.9 Å². The minimum Gasteiger partial charge on any atom is -0.491 e. The zero-order valence-corrected chi connectivity index (χ0v) is 22.2. The molecule has 3 nitrogen and oxygen atoms in total. The highest BCUT2D eigenvalue weighted by atomic mass is 16.5. The quantitative estimate of drug-likeness (QED) is 0.230. The molecule has 1 aliphatic rings. The number of aryl methyl sites for hydroxylation is 2. The number of rotatable bonds is 9. The van der Waals surface area contributed by atoms with Gasteiger partial charge in [0.2, 0.25) is 0 Å². The highest BCUT2D eigenvalue weighted by Gasteiger charge is 2.16. The maximum atomic E-state index is 13.4. The van der Waals surface area contributed by atoms with Crippen molar-refractivity contribution >= 4 is 11.9 Å². The van der Waals surface area contributed by atoms with Gasteiger partial charge in [0.25, 0.3) is 0 Å². The first-order chi connectivity index (χ1) is 17.4. The zero-order chi connectivity index (χ0) is 25.5. The minimum absolute atomic E-state index is 0.0440. The fourth-order valence-electron chi connectivity index (χ4n) is 5.08. The third kappa shape index (κ3) is 6.95. The number of nitrogens with zero attached hydrogens (tertiary/aromatic N) is 1. The van der Waals surface area contributed by atoms with Gasteiger partial charge in [-0.3, -0.25) is 4.79 Å². The van der Waals surface area contributed by atoms with E-state index in [-0.39, 0.29) is 5.78 Å². The maximum Gasteiger partial charge on any atom is 0.189 e. The van der Waals surface area contributed by atoms with Crippen LogP contribution in [0, 0.1) is 13.8 Å². The Morgan fingerprint density at radius 2 is 1.58 bits per heavy atom. The SMILES string of the molecule is Cc1cc(C)cc(-c2ccc(OCCN(C)C)c(C(=O)C=Cc3ccc(C4CCCCC4)cc3)c2)c1. The summed E-state index contributed by atoms with van der Waals surface area (Å²) < 4.78 is 6.05. The lowest BCUT2D eigenvalue weighted by molar-refractivity contribution is 0.104. The van der Waals surface area contributed by atoms with Crippen LogP contribution >= 0.6 is 0 Å². The van der Waals surface area contributed by atoms with Gasteiger partial charge in [-0.05, 0) is 87.2 Å². The predicted molar refractivity (Wildman–Crippen MR) is 151 cm³/mol. The summed E-state index contributed by atoms with van der Waals surface area (Å²) in [6.45, 7) is 5.52. The van der Waals surface area contributed by atoms with E-state index in [1.807, 2.05) is 38.4 Å². The van der Waals surface area contributed by atoms with Crippen LogP contribution in [-0.2, 0) is 0 Å². The molecule has 0 atom stereocenters. The van der Waals surface area contributed by atoms with Gasteiger partial charge in [-0.15, -0.1) is 0 Å². The van der Waals surface area contributed by atoms with Crippen molar-refractivity contribution in [1.29, 1.82) is 0 Å². The monoisotopic (exact) mass is 481 g/mol. The lowest BCUT2D eigenvalue weighted by Gasteiger charge is -2.21. The number of ketones is 1. The second-order valence-electron chi connectivity index (χ2n) is 10.4. The number of carbonyl (C=O) groups excluding carboxylic acids is 1. The number of ether oxygens (including phenoxy) is 1. The maximum absolute atomic E-state index is 13.4. The topological polar surface area (TPSA) is 29.5 Å². The van der Waals surface area contributed by atoms with Crippen LogP contribution in [-0.4, -0.2) is 37.9 Å². The van der Waals surface area contributed by atoms with E-state index in [0.29, 0.717) is 23.8 Å². The van der Waals surface area contributed by atoms with E-state index < -0.39 is 0 Å². The number of hydrogen-bond donors (Lipinski definition) is 0. The zero-order valence-electron chi connectivity index (χ0n) is 22.2. The Labute approximate surface area is 216 Å². The van der Waals surface area contributed by atoms with Crippen molar-refractivity contribution in [3.63, 3.8) is 0 Å². The van der Waals surface area contributed by atoms with Gasteiger partial charge in [-0.1, -0.05) is 85.0 Å². The van der Waals surface area contributed by atoms with E-state index in [0.717, 1.165) is 23.2 Å². The lowest BCUT2D eigenvalue weighted by Crippen LogP contribution is -2.20. The molecule has 1 fully saturated rings. The van der Waals surface area contributed by atoms with E-state index in [2.05, 4.69) is 61.2 Å². The number of likely N-dealkylation sites (N-methyl/N-ethyl adjacent to an activating group) is 1. The van der Waals surface area contributed by atoms with Crippen LogP contribution in [0.4, 0.5) is 0 Å². The Bertz CT molecular complexity index is 1180. The highest BCUT2D eigenvalue weighted by molar-refractivity contribution is 6.09. The molecule has 0 radical (unpaired) electrons. The van der Waals surface area contributed by atoms with E-state index in [4.69, 9.17) is 4.74 Å². The molecule has 0 aliphatic heterocycles. The first kappa shape index (κ1) is 25.9. The molecule has 1 saturated carbocycles. The average molecular weight is 482 g/mol. The van der Waals surface area contributed by atoms with Crippen LogP contribution in [0.25, 0.3) is 17.2 Å². The smallest absolute Gasteiger partial charge is 0.189 e. The Morgan fingerprint density at radius 1 is 0.889 bits per heavy atom. The molecule has 36 heavy (non-hydrogen) atoms. The molecule has 0 unspecified atom stereocenters. The van der Waals surface area contributed by atoms with E-state index >= 15 is 0 Å². The van der Waals surface area contributed by atoms with Crippen molar-refractivity contribution in [1.82, 2.24) is 4.90 Å². The van der Waals surface area contributed by atoms with Crippen molar-refractivity contribution in [2.75, 3.05) is 27.2 Å². The summed E-state index contributed by atoms with van der Waals surface area (Å²) in [4.78, 5) is 15.5. The Balaban J connectivity index is 1.56. The van der Waals surface area contributed by atoms with Gasteiger partial charge in [0.1, 0.15) is 12.4 Å². The van der Waals surface area contributed by atoms with Gasteiger partial charge in [-0.2, -0.15) is 0 Å². The van der Waals surface area contributed by atoms with Gasteiger partial charge >= 0.3 is 0 Å². The van der Waals surface area contributed by atoms with Crippen LogP contribution in [0.15, 0.2) is 66.7 Å². The molecule has 0 aromatic heterocycles. The molecule has 0 amide bonds. The van der Waals surface area contributed by atoms with Crippen LogP contribution in [0.2, 0.25) is 0 Å². The third-order valence-corrected chi connectivity index (χ3v) is 7.04. The largest absolute Gasteiger partial charge is 0.491 e. The summed E-state index contributed by atoms with van der Waals surface area (Å²) in [5, 5.41) is 0. The van der Waals surface area contributed by atoms with Crippen LogP contribution < -0.4 is 4.74 Å². The fraction of sp³-hybridized carbons (Fsp3) is 0.364. The summed E-state index contributed by atoms with van der Waals surface area (Å²) in [6, 6.07) is 21.2. The van der Waals surface area contributed by atoms with Crippen molar-refractivity contribution in [2.24, 2.45) is 0 Å². The number of hydrogen-bond acceptors (Lipinski definition) is 3. The van der Waals surface area contributed by atoms with Crippen LogP contribution in [0.3, 0.4) is 0 Å². The molecule has 188 valence electrons. The second-order valence-corrected chi connectivity index (χ2v) is 10.4. The molecule has 4 rings (SSSR count). The molecule has 0 saturated heterocycles. The summed E-state index contributed by atoms with van der Waals surface area (Å²) in [5.41, 5.74) is 7.63. The van der Waals surface area contributed by atoms with Gasteiger partial charge in [0, 0.05) is 6.54 Å². The van der Waals surface area contributed by atoms with Crippen LogP contribution in [0.5, 0.6) is 5.75 Å². The van der Waals surface area contributed by atoms with Crippen LogP contribution in [0.1, 0.15) is 70.6 Å². The summed E-state index contributed by atoms with van der Waals surface area (Å²) in [5.74, 6) is 1.28. The summed E-state index contributed by atoms with van der Waals surface area (Å²) in [7, 11) is 4.03. The molecule has 0 spiro atoms. The van der Waals surface area contributed by atoms with Gasteiger partial charge in [-0.25, -0.2) is 0 Å². The second kappa shape index (κ2) is 12.2. The van der Waals surface area contributed by atoms with E-state index in [9.17, 15) is 4.79 Å². The number of allylic oxidation sites excluding steroid dienone is 1. The molecule has 3 aromatic carbocycles. The van der Waals surface area contributed by atoms with Gasteiger partial charge in [0.05, 0.1) is 5.56 Å². The van der Waals surface area contributed by atoms with Crippen molar-refractivity contribution in [3.05, 3.63) is 94.6 Å². The Kier molecular flexibility index (Phi) is 8.77. The first-order valence-corrected chi connectivity index (χ1v) is 13.2. The first-order valence-electron chi connectivity index (χ1n) is 13.2. The molecule has 3 heteroatoms. The van der Waals surface area contributed by atoms with E-state index in [1.165, 1.54) is 48.8 Å². The number of benzene rings is 3. The minimum atomic E-state index is -0.0440. The molecule has 3 aromatic rings. The number of carbonyl (C=O) groups is 1. The average Bonchev–Trinajstić information content (AvgIpc) is 2.87. The molecular weight excluding hydrogens is 442 g/mol. The molecule has 0 heterocycles. The van der Waals surface area contributed by atoms with Gasteiger partial charge in [0.15, 0.2) is 5.78 Å². The third-order valence-electron chi connectivity index (χ3n) is 7.04. The standard InChI is InChI=1S/C33H39NO2/c1-24-20-25(2)22-30(21-24)29-15-17-33(36-19-18-34(3)4)31(23-29)32(35)16-12-26-10-13-28(14-11-26)27-8-6-5-7-9-27/h10-17,20-23,27H,5-9,18-19H2,1-4H3. The molecular formula is C33H39NO2. The Morgan fingerprint density at radius 3 is 2.25 bits per heavy atom.